The lowest BCUT2D eigenvalue weighted by Crippen LogP contribution is -2.13. The van der Waals surface area contributed by atoms with Gasteiger partial charge in [-0.1, -0.05) is 6.07 Å². The van der Waals surface area contributed by atoms with Crippen LogP contribution in [0.4, 0.5) is 10.1 Å². The molecule has 6 heteroatoms. The average molecular weight is 319 g/mol. The second kappa shape index (κ2) is 7.00. The van der Waals surface area contributed by atoms with Crippen LogP contribution in [0.15, 0.2) is 30.3 Å². The number of aryl methyl sites for hydroxylation is 1. The number of halogens is 1. The third-order valence-electron chi connectivity index (χ3n) is 3.30. The lowest BCUT2D eigenvalue weighted by molar-refractivity contribution is 0.102. The molecular formula is C17H18FNO4. The molecule has 0 atom stereocenters. The number of hydrogen-bond donors (Lipinski definition) is 1. The minimum absolute atomic E-state index is 0.115. The molecule has 0 aliphatic heterocycles. The van der Waals surface area contributed by atoms with Crippen LogP contribution in [0.25, 0.3) is 0 Å². The van der Waals surface area contributed by atoms with Gasteiger partial charge in [-0.2, -0.15) is 0 Å². The molecule has 1 amide bonds. The molecule has 0 saturated carbocycles. The number of hydrogen-bond acceptors (Lipinski definition) is 4. The summed E-state index contributed by atoms with van der Waals surface area (Å²) in [7, 11) is 4.39. The minimum atomic E-state index is -0.503. The van der Waals surface area contributed by atoms with E-state index in [0.29, 0.717) is 17.2 Å². The molecule has 2 aromatic rings. The molecule has 122 valence electrons. The highest BCUT2D eigenvalue weighted by atomic mass is 19.1. The van der Waals surface area contributed by atoms with Gasteiger partial charge in [-0.25, -0.2) is 4.39 Å². The van der Waals surface area contributed by atoms with Crippen LogP contribution in [0.2, 0.25) is 0 Å². The molecule has 0 fully saturated rings. The molecule has 0 spiro atoms. The van der Waals surface area contributed by atoms with E-state index in [4.69, 9.17) is 14.2 Å². The van der Waals surface area contributed by atoms with Crippen molar-refractivity contribution in [3.05, 3.63) is 47.3 Å². The number of anilines is 1. The van der Waals surface area contributed by atoms with E-state index < -0.39 is 11.7 Å². The van der Waals surface area contributed by atoms with Crippen LogP contribution in [-0.2, 0) is 0 Å². The summed E-state index contributed by atoms with van der Waals surface area (Å²) in [6.45, 7) is 1.81. The standard InChI is InChI=1S/C17H18FNO4/c1-10-5-6-12(18)13(7-10)19-17(20)11-8-14(21-2)16(23-4)15(9-11)22-3/h5-9H,1-4H3,(H,19,20). The van der Waals surface area contributed by atoms with E-state index in [1.807, 2.05) is 6.92 Å². The highest BCUT2D eigenvalue weighted by Crippen LogP contribution is 2.38. The molecule has 0 bridgehead atoms. The van der Waals surface area contributed by atoms with Crippen molar-refractivity contribution < 1.29 is 23.4 Å². The zero-order valence-electron chi connectivity index (χ0n) is 13.4. The number of ether oxygens (including phenoxy) is 3. The maximum absolute atomic E-state index is 13.8. The molecule has 0 heterocycles. The van der Waals surface area contributed by atoms with Gasteiger partial charge in [-0.15, -0.1) is 0 Å². The van der Waals surface area contributed by atoms with Crippen molar-refractivity contribution in [3.63, 3.8) is 0 Å². The van der Waals surface area contributed by atoms with Crippen molar-refractivity contribution in [2.75, 3.05) is 26.6 Å². The second-order valence-electron chi connectivity index (χ2n) is 4.85. The van der Waals surface area contributed by atoms with Crippen molar-refractivity contribution in [3.8, 4) is 17.2 Å². The van der Waals surface area contributed by atoms with Crippen LogP contribution in [0.5, 0.6) is 17.2 Å². The number of carbonyl (C=O) groups excluding carboxylic acids is 1. The highest BCUT2D eigenvalue weighted by molar-refractivity contribution is 6.05. The maximum Gasteiger partial charge on any atom is 0.256 e. The summed E-state index contributed by atoms with van der Waals surface area (Å²) in [5, 5.41) is 2.54. The molecule has 0 aliphatic carbocycles. The molecule has 5 nitrogen and oxygen atoms in total. The van der Waals surface area contributed by atoms with E-state index >= 15 is 0 Å². The van der Waals surface area contributed by atoms with Gasteiger partial charge in [0.15, 0.2) is 11.5 Å². The molecule has 0 radical (unpaired) electrons. The van der Waals surface area contributed by atoms with Crippen LogP contribution >= 0.6 is 0 Å². The third-order valence-corrected chi connectivity index (χ3v) is 3.30. The molecule has 23 heavy (non-hydrogen) atoms. The molecule has 0 saturated heterocycles. The van der Waals surface area contributed by atoms with Gasteiger partial charge in [0.25, 0.3) is 5.91 Å². The fourth-order valence-corrected chi connectivity index (χ4v) is 2.14. The molecule has 0 aromatic heterocycles. The largest absolute Gasteiger partial charge is 0.493 e. The van der Waals surface area contributed by atoms with Crippen LogP contribution in [0.3, 0.4) is 0 Å². The van der Waals surface area contributed by atoms with Gasteiger partial charge in [-0.05, 0) is 36.8 Å². The summed E-state index contributed by atoms with van der Waals surface area (Å²) in [5.41, 5.74) is 1.22. The van der Waals surface area contributed by atoms with Crippen LogP contribution in [-0.4, -0.2) is 27.2 Å². The number of methoxy groups -OCH3 is 3. The fourth-order valence-electron chi connectivity index (χ4n) is 2.14. The number of amides is 1. The van der Waals surface area contributed by atoms with Crippen molar-refractivity contribution in [1.29, 1.82) is 0 Å². The van der Waals surface area contributed by atoms with E-state index in [1.54, 1.807) is 12.1 Å². The Labute approximate surface area is 134 Å². The number of carbonyl (C=O) groups is 1. The Balaban J connectivity index is 2.37. The van der Waals surface area contributed by atoms with Crippen molar-refractivity contribution in [2.24, 2.45) is 0 Å². The molecule has 2 aromatic carbocycles. The molecule has 0 aliphatic rings. The van der Waals surface area contributed by atoms with Gasteiger partial charge in [0.1, 0.15) is 5.82 Å². The number of benzene rings is 2. The second-order valence-corrected chi connectivity index (χ2v) is 4.85. The Morgan fingerprint density at radius 1 is 1.00 bits per heavy atom. The van der Waals surface area contributed by atoms with Crippen LogP contribution in [0.1, 0.15) is 15.9 Å². The van der Waals surface area contributed by atoms with E-state index in [-0.39, 0.29) is 11.3 Å². The molecule has 2 rings (SSSR count). The van der Waals surface area contributed by atoms with Gasteiger partial charge in [0, 0.05) is 5.56 Å². The lowest BCUT2D eigenvalue weighted by atomic mass is 10.1. The molecule has 0 unspecified atom stereocenters. The molecule has 1 N–H and O–H groups in total. The minimum Gasteiger partial charge on any atom is -0.493 e. The Kier molecular flexibility index (Phi) is 5.05. The van der Waals surface area contributed by atoms with E-state index in [9.17, 15) is 9.18 Å². The average Bonchev–Trinajstić information content (AvgIpc) is 2.56. The predicted molar refractivity (Wildman–Crippen MR) is 85.2 cm³/mol. The Morgan fingerprint density at radius 3 is 2.13 bits per heavy atom. The highest BCUT2D eigenvalue weighted by Gasteiger charge is 2.17. The lowest BCUT2D eigenvalue weighted by Gasteiger charge is -2.14. The SMILES string of the molecule is COc1cc(C(=O)Nc2cc(C)ccc2F)cc(OC)c1OC. The molecular weight excluding hydrogens is 301 g/mol. The van der Waals surface area contributed by atoms with Crippen LogP contribution in [0, 0.1) is 12.7 Å². The summed E-state index contributed by atoms with van der Waals surface area (Å²) in [6.07, 6.45) is 0. The number of rotatable bonds is 5. The third kappa shape index (κ3) is 3.53. The maximum atomic E-state index is 13.8. The van der Waals surface area contributed by atoms with Crippen LogP contribution < -0.4 is 19.5 Å². The van der Waals surface area contributed by atoms with Gasteiger partial charge in [-0.3, -0.25) is 4.79 Å². The Morgan fingerprint density at radius 2 is 1.61 bits per heavy atom. The van der Waals surface area contributed by atoms with Gasteiger partial charge in [0.05, 0.1) is 27.0 Å². The number of nitrogens with one attached hydrogen (secondary N) is 1. The summed E-state index contributed by atoms with van der Waals surface area (Å²) in [4.78, 5) is 12.4. The topological polar surface area (TPSA) is 56.8 Å². The monoisotopic (exact) mass is 319 g/mol. The van der Waals surface area contributed by atoms with E-state index in [0.717, 1.165) is 5.56 Å². The predicted octanol–water partition coefficient (Wildman–Crippen LogP) is 3.41. The summed E-state index contributed by atoms with van der Waals surface area (Å²) < 4.78 is 29.4. The summed E-state index contributed by atoms with van der Waals surface area (Å²) >= 11 is 0. The van der Waals surface area contributed by atoms with Crippen molar-refractivity contribution in [2.45, 2.75) is 6.92 Å². The Hall–Kier alpha value is -2.76. The quantitative estimate of drug-likeness (QED) is 0.917. The van der Waals surface area contributed by atoms with Crippen molar-refractivity contribution in [1.82, 2.24) is 0 Å². The van der Waals surface area contributed by atoms with Gasteiger partial charge < -0.3 is 19.5 Å². The normalized spacial score (nSPS) is 10.1. The first-order valence-electron chi connectivity index (χ1n) is 6.87. The zero-order chi connectivity index (χ0) is 17.0. The zero-order valence-corrected chi connectivity index (χ0v) is 13.4. The van der Waals surface area contributed by atoms with Gasteiger partial charge in [0.2, 0.25) is 5.75 Å². The fraction of sp³-hybridized carbons (Fsp3) is 0.235. The van der Waals surface area contributed by atoms with Gasteiger partial charge >= 0.3 is 0 Å². The van der Waals surface area contributed by atoms with Crippen molar-refractivity contribution >= 4 is 11.6 Å². The Bertz CT molecular complexity index is 706. The smallest absolute Gasteiger partial charge is 0.256 e. The summed E-state index contributed by atoms with van der Waals surface area (Å²) in [6, 6.07) is 7.50. The van der Waals surface area contributed by atoms with E-state index in [1.165, 1.54) is 39.5 Å². The first kappa shape index (κ1) is 16.6. The first-order chi connectivity index (χ1) is 11.0. The first-order valence-corrected chi connectivity index (χ1v) is 6.87. The summed E-state index contributed by atoms with van der Waals surface area (Å²) in [5.74, 6) is 0.0989. The van der Waals surface area contributed by atoms with E-state index in [2.05, 4.69) is 5.32 Å².